The number of urea groups is 1. The van der Waals surface area contributed by atoms with Crippen LogP contribution in [0.1, 0.15) is 16.8 Å². The minimum absolute atomic E-state index is 0.120. The van der Waals surface area contributed by atoms with Crippen molar-refractivity contribution in [2.75, 3.05) is 23.4 Å². The largest absolute Gasteiger partial charge is 0.478 e. The zero-order valence-electron chi connectivity index (χ0n) is 10.7. The number of halogens is 1. The summed E-state index contributed by atoms with van der Waals surface area (Å²) < 4.78 is 0.485. The van der Waals surface area contributed by atoms with E-state index in [1.165, 1.54) is 6.07 Å². The van der Waals surface area contributed by atoms with E-state index in [1.807, 2.05) is 11.8 Å². The number of hydrogen-bond donors (Lipinski definition) is 3. The molecule has 1 unspecified atom stereocenters. The summed E-state index contributed by atoms with van der Waals surface area (Å²) in [6.07, 6.45) is 1.13. The van der Waals surface area contributed by atoms with Gasteiger partial charge in [-0.05, 0) is 58.0 Å². The van der Waals surface area contributed by atoms with Gasteiger partial charge in [0.2, 0.25) is 0 Å². The predicted octanol–water partition coefficient (Wildman–Crippen LogP) is 3.02. The number of carboxylic acids is 1. The summed E-state index contributed by atoms with van der Waals surface area (Å²) in [6, 6.07) is 4.38. The van der Waals surface area contributed by atoms with Crippen molar-refractivity contribution in [2.45, 2.75) is 6.42 Å². The van der Waals surface area contributed by atoms with Crippen LogP contribution in [0.2, 0.25) is 0 Å². The third-order valence-corrected chi connectivity index (χ3v) is 4.95. The maximum atomic E-state index is 11.7. The number of amides is 2. The Morgan fingerprint density at radius 2 is 2.25 bits per heavy atom. The van der Waals surface area contributed by atoms with Crippen LogP contribution in [0.15, 0.2) is 22.7 Å². The van der Waals surface area contributed by atoms with E-state index in [0.717, 1.165) is 17.9 Å². The molecule has 1 atom stereocenters. The lowest BCUT2D eigenvalue weighted by Gasteiger charge is -2.11. The fourth-order valence-corrected chi connectivity index (χ4v) is 3.62. The van der Waals surface area contributed by atoms with Crippen LogP contribution in [0.25, 0.3) is 0 Å². The lowest BCUT2D eigenvalue weighted by Crippen LogP contribution is -2.33. The van der Waals surface area contributed by atoms with Crippen molar-refractivity contribution < 1.29 is 14.7 Å². The normalized spacial score (nSPS) is 17.8. The number of carboxylic acid groups (broad SMARTS) is 1. The van der Waals surface area contributed by atoms with Crippen molar-refractivity contribution >= 4 is 45.4 Å². The van der Waals surface area contributed by atoms with Gasteiger partial charge in [0.25, 0.3) is 0 Å². The number of rotatable bonds is 4. The maximum Gasteiger partial charge on any atom is 0.336 e. The Hall–Kier alpha value is -1.21. The number of carbonyl (C=O) groups excluding carboxylic acids is 1. The molecule has 0 aromatic heterocycles. The van der Waals surface area contributed by atoms with E-state index < -0.39 is 5.97 Å². The van der Waals surface area contributed by atoms with Crippen LogP contribution in [-0.4, -0.2) is 35.2 Å². The maximum absolute atomic E-state index is 11.7. The van der Waals surface area contributed by atoms with Gasteiger partial charge in [-0.25, -0.2) is 9.59 Å². The Balaban J connectivity index is 1.90. The van der Waals surface area contributed by atoms with Crippen molar-refractivity contribution in [3.63, 3.8) is 0 Å². The second kappa shape index (κ2) is 6.99. The average Bonchev–Trinajstić information content (AvgIpc) is 2.91. The van der Waals surface area contributed by atoms with Gasteiger partial charge in [-0.15, -0.1) is 0 Å². The summed E-state index contributed by atoms with van der Waals surface area (Å²) in [4.78, 5) is 22.7. The molecule has 1 aliphatic rings. The Morgan fingerprint density at radius 3 is 2.90 bits per heavy atom. The SMILES string of the molecule is O=C(NCC1CCSC1)Nc1ccc(Br)c(C(=O)O)c1. The molecule has 3 N–H and O–H groups in total. The van der Waals surface area contributed by atoms with Gasteiger partial charge >= 0.3 is 12.0 Å². The molecule has 1 aromatic rings. The molecule has 1 aromatic carbocycles. The van der Waals surface area contributed by atoms with Gasteiger partial charge < -0.3 is 15.7 Å². The minimum Gasteiger partial charge on any atom is -0.478 e. The number of aromatic carboxylic acids is 1. The second-order valence-corrected chi connectivity index (χ2v) is 6.57. The molecular formula is C13H15BrN2O3S. The number of carbonyl (C=O) groups is 2. The molecule has 1 saturated heterocycles. The summed E-state index contributed by atoms with van der Waals surface area (Å²) >= 11 is 5.06. The monoisotopic (exact) mass is 358 g/mol. The molecule has 0 aliphatic carbocycles. The summed E-state index contributed by atoms with van der Waals surface area (Å²) in [5, 5.41) is 14.5. The second-order valence-electron chi connectivity index (χ2n) is 4.56. The fourth-order valence-electron chi connectivity index (χ4n) is 1.92. The van der Waals surface area contributed by atoms with E-state index in [-0.39, 0.29) is 11.6 Å². The van der Waals surface area contributed by atoms with Crippen LogP contribution < -0.4 is 10.6 Å². The number of nitrogens with one attached hydrogen (secondary N) is 2. The van der Waals surface area contributed by atoms with Gasteiger partial charge in [-0.1, -0.05) is 0 Å². The highest BCUT2D eigenvalue weighted by molar-refractivity contribution is 9.10. The van der Waals surface area contributed by atoms with Crippen LogP contribution in [-0.2, 0) is 0 Å². The molecule has 1 aliphatic heterocycles. The molecule has 5 nitrogen and oxygen atoms in total. The van der Waals surface area contributed by atoms with E-state index in [1.54, 1.807) is 12.1 Å². The predicted molar refractivity (Wildman–Crippen MR) is 83.6 cm³/mol. The number of anilines is 1. The summed E-state index contributed by atoms with van der Waals surface area (Å²) in [5.41, 5.74) is 0.582. The van der Waals surface area contributed by atoms with Crippen molar-refractivity contribution in [3.05, 3.63) is 28.2 Å². The average molecular weight is 359 g/mol. The van der Waals surface area contributed by atoms with Crippen molar-refractivity contribution in [1.29, 1.82) is 0 Å². The van der Waals surface area contributed by atoms with Gasteiger partial charge in [0.1, 0.15) is 0 Å². The summed E-state index contributed by atoms with van der Waals surface area (Å²) in [7, 11) is 0. The standard InChI is InChI=1S/C13H15BrN2O3S/c14-11-2-1-9(5-10(11)12(17)18)16-13(19)15-6-8-3-4-20-7-8/h1-2,5,8H,3-4,6-7H2,(H,17,18)(H2,15,16,19). The topological polar surface area (TPSA) is 78.4 Å². The Kier molecular flexibility index (Phi) is 5.31. The Bertz CT molecular complexity index is 518. The minimum atomic E-state index is -1.04. The number of thioether (sulfide) groups is 1. The first-order valence-electron chi connectivity index (χ1n) is 6.21. The van der Waals surface area contributed by atoms with Gasteiger partial charge in [0, 0.05) is 16.7 Å². The molecule has 0 saturated carbocycles. The third kappa shape index (κ3) is 4.14. The van der Waals surface area contributed by atoms with E-state index >= 15 is 0 Å². The zero-order valence-corrected chi connectivity index (χ0v) is 13.1. The molecule has 20 heavy (non-hydrogen) atoms. The molecule has 1 heterocycles. The van der Waals surface area contributed by atoms with Crippen LogP contribution >= 0.6 is 27.7 Å². The van der Waals surface area contributed by atoms with Gasteiger partial charge in [0.15, 0.2) is 0 Å². The first-order valence-corrected chi connectivity index (χ1v) is 8.16. The Morgan fingerprint density at radius 1 is 1.45 bits per heavy atom. The molecule has 7 heteroatoms. The Labute approximate surface area is 129 Å². The fraction of sp³-hybridized carbons (Fsp3) is 0.385. The smallest absolute Gasteiger partial charge is 0.336 e. The molecule has 108 valence electrons. The van der Waals surface area contributed by atoms with Crippen molar-refractivity contribution in [3.8, 4) is 0 Å². The first-order chi connectivity index (χ1) is 9.56. The molecule has 2 rings (SSSR count). The molecular weight excluding hydrogens is 344 g/mol. The van der Waals surface area contributed by atoms with E-state index in [9.17, 15) is 9.59 Å². The first kappa shape index (κ1) is 15.2. The summed E-state index contributed by atoms with van der Waals surface area (Å²) in [5.74, 6) is 1.74. The highest BCUT2D eigenvalue weighted by atomic mass is 79.9. The highest BCUT2D eigenvalue weighted by Gasteiger charge is 2.16. The van der Waals surface area contributed by atoms with E-state index in [0.29, 0.717) is 22.6 Å². The number of benzene rings is 1. The van der Waals surface area contributed by atoms with Crippen LogP contribution in [0, 0.1) is 5.92 Å². The summed E-state index contributed by atoms with van der Waals surface area (Å²) in [6.45, 7) is 0.654. The lowest BCUT2D eigenvalue weighted by molar-refractivity contribution is 0.0696. The lowest BCUT2D eigenvalue weighted by atomic mass is 10.1. The van der Waals surface area contributed by atoms with Gasteiger partial charge in [-0.2, -0.15) is 11.8 Å². The van der Waals surface area contributed by atoms with Crippen LogP contribution in [0.4, 0.5) is 10.5 Å². The third-order valence-electron chi connectivity index (χ3n) is 3.03. The molecule has 0 spiro atoms. The van der Waals surface area contributed by atoms with E-state index in [2.05, 4.69) is 26.6 Å². The van der Waals surface area contributed by atoms with Crippen molar-refractivity contribution in [2.24, 2.45) is 5.92 Å². The molecule has 2 amide bonds. The highest BCUT2D eigenvalue weighted by Crippen LogP contribution is 2.23. The zero-order chi connectivity index (χ0) is 14.5. The van der Waals surface area contributed by atoms with Crippen LogP contribution in [0.3, 0.4) is 0 Å². The molecule has 1 fully saturated rings. The molecule has 0 bridgehead atoms. The van der Waals surface area contributed by atoms with Crippen molar-refractivity contribution in [1.82, 2.24) is 5.32 Å². The van der Waals surface area contributed by atoms with Crippen LogP contribution in [0.5, 0.6) is 0 Å². The van der Waals surface area contributed by atoms with Gasteiger partial charge in [0.05, 0.1) is 5.56 Å². The quantitative estimate of drug-likeness (QED) is 0.772. The molecule has 0 radical (unpaired) electrons. The van der Waals surface area contributed by atoms with Gasteiger partial charge in [-0.3, -0.25) is 0 Å². The van der Waals surface area contributed by atoms with E-state index in [4.69, 9.17) is 5.11 Å². The number of hydrogen-bond acceptors (Lipinski definition) is 3.